The Hall–Kier alpha value is -4.03. The van der Waals surface area contributed by atoms with Crippen molar-refractivity contribution in [2.45, 2.75) is 26.3 Å². The van der Waals surface area contributed by atoms with Crippen LogP contribution in [0.2, 0.25) is 0 Å². The molecule has 5 aromatic rings. The first-order valence-corrected chi connectivity index (χ1v) is 12.3. The highest BCUT2D eigenvalue weighted by Crippen LogP contribution is 2.45. The summed E-state index contributed by atoms with van der Waals surface area (Å²) >= 11 is 1.55. The fourth-order valence-electron chi connectivity index (χ4n) is 4.72. The lowest BCUT2D eigenvalue weighted by atomic mass is 9.87. The van der Waals surface area contributed by atoms with Crippen molar-refractivity contribution >= 4 is 32.6 Å². The number of pyridine rings is 1. The van der Waals surface area contributed by atoms with Gasteiger partial charge in [0, 0.05) is 23.5 Å². The van der Waals surface area contributed by atoms with Gasteiger partial charge in [0.1, 0.15) is 11.5 Å². The molecule has 0 unspecified atom stereocenters. The van der Waals surface area contributed by atoms with Crippen molar-refractivity contribution in [3.05, 3.63) is 113 Å². The van der Waals surface area contributed by atoms with Crippen LogP contribution in [-0.4, -0.2) is 15.9 Å². The molecule has 0 N–H and O–H groups in total. The lowest BCUT2D eigenvalue weighted by Crippen LogP contribution is -2.36. The van der Waals surface area contributed by atoms with Crippen molar-refractivity contribution in [1.82, 2.24) is 9.97 Å². The number of aromatic nitrogens is 2. The van der Waals surface area contributed by atoms with Gasteiger partial charge < -0.3 is 4.74 Å². The molecule has 1 aliphatic heterocycles. The second-order valence-electron chi connectivity index (χ2n) is 8.82. The number of carbonyl (C=O) groups excluding carboxylic acids is 1. The number of carbonyl (C=O) groups is 1. The summed E-state index contributed by atoms with van der Waals surface area (Å²) in [5.41, 5.74) is 5.90. The Morgan fingerprint density at radius 1 is 0.971 bits per heavy atom. The molecule has 6 rings (SSSR count). The van der Waals surface area contributed by atoms with Gasteiger partial charge >= 0.3 is 0 Å². The summed E-state index contributed by atoms with van der Waals surface area (Å²) in [7, 11) is 0. The van der Waals surface area contributed by atoms with Crippen LogP contribution < -0.4 is 9.64 Å². The Balaban J connectivity index is 1.51. The van der Waals surface area contributed by atoms with Crippen molar-refractivity contribution < 1.29 is 9.53 Å². The molecular weight excluding hydrogens is 454 g/mol. The van der Waals surface area contributed by atoms with Gasteiger partial charge in [-0.3, -0.25) is 14.7 Å². The molecule has 5 nitrogen and oxygen atoms in total. The summed E-state index contributed by atoms with van der Waals surface area (Å²) in [6.07, 6.45) is 3.54. The van der Waals surface area contributed by atoms with Gasteiger partial charge in [0.2, 0.25) is 5.91 Å². The molecule has 0 fully saturated rings. The standard InChI is InChI=1S/C29H23N3O2S/c1-18-14-19(2)27-25(15-18)35-29(31-27)32(17-20-8-7-13-30-16-20)28(33)26-21-9-3-5-11-23(21)34-24-12-6-4-10-22(24)26/h3-16,26H,17H2,1-2H3. The fourth-order valence-corrected chi connectivity index (χ4v) is 5.87. The maximum atomic E-state index is 14.5. The summed E-state index contributed by atoms with van der Waals surface area (Å²) in [6.45, 7) is 4.53. The molecule has 0 radical (unpaired) electrons. The van der Waals surface area contributed by atoms with Crippen LogP contribution in [0, 0.1) is 13.8 Å². The van der Waals surface area contributed by atoms with Gasteiger partial charge in [0.15, 0.2) is 5.13 Å². The van der Waals surface area contributed by atoms with Crippen LogP contribution in [0.3, 0.4) is 0 Å². The van der Waals surface area contributed by atoms with E-state index in [0.717, 1.165) is 32.5 Å². The average Bonchev–Trinajstić information content (AvgIpc) is 3.30. The molecule has 0 saturated heterocycles. The van der Waals surface area contributed by atoms with Gasteiger partial charge in [-0.15, -0.1) is 0 Å². The second-order valence-corrected chi connectivity index (χ2v) is 9.83. The first-order chi connectivity index (χ1) is 17.1. The van der Waals surface area contributed by atoms with Crippen molar-refractivity contribution in [3.63, 3.8) is 0 Å². The van der Waals surface area contributed by atoms with Gasteiger partial charge in [-0.2, -0.15) is 0 Å². The van der Waals surface area contributed by atoms with Crippen LogP contribution in [0.4, 0.5) is 5.13 Å². The topological polar surface area (TPSA) is 55.3 Å². The Morgan fingerprint density at radius 2 is 1.69 bits per heavy atom. The molecule has 0 bridgehead atoms. The van der Waals surface area contributed by atoms with Crippen molar-refractivity contribution in [2.24, 2.45) is 0 Å². The highest BCUT2D eigenvalue weighted by Gasteiger charge is 2.36. The molecule has 0 saturated carbocycles. The van der Waals surface area contributed by atoms with Crippen LogP contribution in [0.1, 0.15) is 33.7 Å². The number of ether oxygens (including phenoxy) is 1. The molecule has 0 aliphatic carbocycles. The maximum Gasteiger partial charge on any atom is 0.241 e. The smallest absolute Gasteiger partial charge is 0.241 e. The maximum absolute atomic E-state index is 14.5. The number of aryl methyl sites for hydroxylation is 2. The van der Waals surface area contributed by atoms with E-state index in [9.17, 15) is 4.79 Å². The predicted molar refractivity (Wildman–Crippen MR) is 139 cm³/mol. The number of thiazole rings is 1. The normalized spacial score (nSPS) is 12.6. The lowest BCUT2D eigenvalue weighted by Gasteiger charge is -2.31. The van der Waals surface area contributed by atoms with Gasteiger partial charge in [0.05, 0.1) is 22.7 Å². The first kappa shape index (κ1) is 21.5. The number of nitrogens with zero attached hydrogens (tertiary/aromatic N) is 3. The highest BCUT2D eigenvalue weighted by atomic mass is 32.1. The zero-order valence-corrected chi connectivity index (χ0v) is 20.3. The van der Waals surface area contributed by atoms with Gasteiger partial charge in [0.25, 0.3) is 0 Å². The molecule has 2 aromatic heterocycles. The average molecular weight is 478 g/mol. The van der Waals surface area contributed by atoms with E-state index in [1.54, 1.807) is 28.6 Å². The number of rotatable bonds is 4. The largest absolute Gasteiger partial charge is 0.457 e. The second kappa shape index (κ2) is 8.64. The number of hydrogen-bond donors (Lipinski definition) is 0. The van der Waals surface area contributed by atoms with Crippen LogP contribution in [0.25, 0.3) is 10.2 Å². The summed E-state index contributed by atoms with van der Waals surface area (Å²) in [5.74, 6) is 0.886. The third-order valence-corrected chi connectivity index (χ3v) is 7.33. The lowest BCUT2D eigenvalue weighted by molar-refractivity contribution is -0.119. The zero-order chi connectivity index (χ0) is 23.9. The predicted octanol–water partition coefficient (Wildman–Crippen LogP) is 6.78. The molecule has 1 aliphatic rings. The van der Waals surface area contributed by atoms with Crippen LogP contribution in [0.5, 0.6) is 11.5 Å². The SMILES string of the molecule is Cc1cc(C)c2nc(N(Cc3cccnc3)C(=O)C3c4ccccc4Oc4ccccc43)sc2c1. The molecule has 1 amide bonds. The van der Waals surface area contributed by atoms with Crippen molar-refractivity contribution in [3.8, 4) is 11.5 Å². The molecule has 35 heavy (non-hydrogen) atoms. The molecule has 6 heteroatoms. The number of para-hydroxylation sites is 2. The third kappa shape index (κ3) is 3.86. The monoisotopic (exact) mass is 477 g/mol. The molecule has 3 aromatic carbocycles. The summed E-state index contributed by atoms with van der Waals surface area (Å²) < 4.78 is 7.22. The minimum absolute atomic E-state index is 0.0366. The van der Waals surface area contributed by atoms with Crippen LogP contribution >= 0.6 is 11.3 Å². The van der Waals surface area contributed by atoms with E-state index in [1.165, 1.54) is 5.56 Å². The number of benzene rings is 3. The van der Waals surface area contributed by atoms with E-state index in [1.807, 2.05) is 60.7 Å². The Morgan fingerprint density at radius 3 is 2.37 bits per heavy atom. The van der Waals surface area contributed by atoms with Crippen LogP contribution in [0.15, 0.2) is 85.2 Å². The quantitative estimate of drug-likeness (QED) is 0.286. The van der Waals surface area contributed by atoms with Crippen molar-refractivity contribution in [1.29, 1.82) is 0 Å². The summed E-state index contributed by atoms with van der Waals surface area (Å²) in [4.78, 5) is 25.5. The van der Waals surface area contributed by atoms with Gasteiger partial charge in [-0.05, 0) is 54.8 Å². The van der Waals surface area contributed by atoms with E-state index in [2.05, 4.69) is 31.0 Å². The number of anilines is 1. The zero-order valence-electron chi connectivity index (χ0n) is 19.4. The first-order valence-electron chi connectivity index (χ1n) is 11.5. The minimum Gasteiger partial charge on any atom is -0.457 e. The molecule has 0 atom stereocenters. The van der Waals surface area contributed by atoms with E-state index in [0.29, 0.717) is 23.2 Å². The van der Waals surface area contributed by atoms with Gasteiger partial charge in [-0.1, -0.05) is 59.9 Å². The van der Waals surface area contributed by atoms with Crippen molar-refractivity contribution in [2.75, 3.05) is 4.90 Å². The Labute approximate surface area is 207 Å². The number of hydrogen-bond acceptors (Lipinski definition) is 5. The molecule has 3 heterocycles. The van der Waals surface area contributed by atoms with Crippen LogP contribution in [-0.2, 0) is 11.3 Å². The Kier molecular flexibility index (Phi) is 5.30. The number of amides is 1. The summed E-state index contributed by atoms with van der Waals surface area (Å²) in [5, 5.41) is 0.684. The van der Waals surface area contributed by atoms with E-state index < -0.39 is 5.92 Å². The van der Waals surface area contributed by atoms with E-state index >= 15 is 0 Å². The Bertz CT molecular complexity index is 1520. The van der Waals surface area contributed by atoms with E-state index in [4.69, 9.17) is 9.72 Å². The van der Waals surface area contributed by atoms with Gasteiger partial charge in [-0.25, -0.2) is 4.98 Å². The molecule has 0 spiro atoms. The number of fused-ring (bicyclic) bond motifs is 3. The third-order valence-electron chi connectivity index (χ3n) is 6.31. The minimum atomic E-state index is -0.498. The molecular formula is C29H23N3O2S. The highest BCUT2D eigenvalue weighted by molar-refractivity contribution is 7.22. The fraction of sp³-hybridized carbons (Fsp3) is 0.138. The summed E-state index contributed by atoms with van der Waals surface area (Å²) in [6, 6.07) is 23.7. The van der Waals surface area contributed by atoms with E-state index in [-0.39, 0.29) is 5.91 Å². The molecule has 172 valence electrons.